The molecule has 1 aromatic rings. The third kappa shape index (κ3) is 4.28. The first kappa shape index (κ1) is 20.1. The molecule has 6 nitrogen and oxygen atoms in total. The Bertz CT molecular complexity index is 765. The van der Waals surface area contributed by atoms with Crippen molar-refractivity contribution in [2.24, 2.45) is 17.3 Å². The van der Waals surface area contributed by atoms with Gasteiger partial charge in [0, 0.05) is 36.7 Å². The topological polar surface area (TPSA) is 90.0 Å². The maximum atomic E-state index is 13.1. The van der Waals surface area contributed by atoms with Crippen molar-refractivity contribution in [2.45, 2.75) is 58.4 Å². The smallest absolute Gasteiger partial charge is 0.228 e. The average molecular weight is 380 g/mol. The molecule has 6 heteroatoms. The predicted molar refractivity (Wildman–Crippen MR) is 104 cm³/mol. The van der Waals surface area contributed by atoms with E-state index in [-0.39, 0.29) is 23.8 Å². The van der Waals surface area contributed by atoms with Crippen LogP contribution in [0.15, 0.2) is 18.3 Å². The Morgan fingerprint density at radius 3 is 2.50 bits per heavy atom. The fraction of sp³-hybridized carbons (Fsp3) is 0.636. The third-order valence-electron chi connectivity index (χ3n) is 6.35. The molecule has 1 saturated heterocycles. The molecule has 0 spiro atoms. The number of aromatic nitrogens is 1. The van der Waals surface area contributed by atoms with Crippen LogP contribution < -0.4 is 4.74 Å². The highest BCUT2D eigenvalue weighted by atomic mass is 16.5. The van der Waals surface area contributed by atoms with Gasteiger partial charge in [0.2, 0.25) is 11.8 Å². The summed E-state index contributed by atoms with van der Waals surface area (Å²) >= 11 is 0. The Balaban J connectivity index is 1.62. The summed E-state index contributed by atoms with van der Waals surface area (Å²) in [6.07, 6.45) is 7.34. The van der Waals surface area contributed by atoms with Gasteiger partial charge in [0.25, 0.3) is 0 Å². The zero-order valence-electron chi connectivity index (χ0n) is 16.7. The van der Waals surface area contributed by atoms with Crippen LogP contribution >= 0.6 is 0 Å². The van der Waals surface area contributed by atoms with Crippen LogP contribution in [0, 0.1) is 39.9 Å². The van der Waals surface area contributed by atoms with E-state index in [9.17, 15) is 4.79 Å². The molecule has 1 aliphatic heterocycles. The molecule has 2 fully saturated rings. The van der Waals surface area contributed by atoms with E-state index >= 15 is 0 Å². The first-order chi connectivity index (χ1) is 13.5. The predicted octanol–water partition coefficient (Wildman–Crippen LogP) is 3.68. The Morgan fingerprint density at radius 1 is 1.21 bits per heavy atom. The molecular weight excluding hydrogens is 352 g/mol. The molecular formula is C22H28N4O2. The number of likely N-dealkylation sites (tertiary alicyclic amines) is 1. The number of amides is 1. The summed E-state index contributed by atoms with van der Waals surface area (Å²) in [6, 6.07) is 8.09. The maximum absolute atomic E-state index is 13.1. The highest BCUT2D eigenvalue weighted by Gasteiger charge is 2.49. The summed E-state index contributed by atoms with van der Waals surface area (Å²) in [5.74, 6) is 0.952. The lowest BCUT2D eigenvalue weighted by atomic mass is 9.82. The molecule has 0 bridgehead atoms. The van der Waals surface area contributed by atoms with Crippen LogP contribution in [-0.4, -0.2) is 35.0 Å². The van der Waals surface area contributed by atoms with Crippen molar-refractivity contribution >= 4 is 5.91 Å². The van der Waals surface area contributed by atoms with Crippen molar-refractivity contribution in [1.29, 1.82) is 10.5 Å². The first-order valence-electron chi connectivity index (χ1n) is 10.2. The van der Waals surface area contributed by atoms with Crippen molar-refractivity contribution in [1.82, 2.24) is 9.88 Å². The molecule has 148 valence electrons. The summed E-state index contributed by atoms with van der Waals surface area (Å²) in [4.78, 5) is 19.3. The van der Waals surface area contributed by atoms with E-state index in [4.69, 9.17) is 15.3 Å². The molecule has 1 saturated carbocycles. The van der Waals surface area contributed by atoms with Crippen LogP contribution in [-0.2, 0) is 4.79 Å². The summed E-state index contributed by atoms with van der Waals surface area (Å²) in [5.41, 5.74) is 0.0299. The average Bonchev–Trinajstić information content (AvgIpc) is 2.90. The number of hydrogen-bond acceptors (Lipinski definition) is 5. The highest BCUT2D eigenvalue weighted by Crippen LogP contribution is 2.40. The van der Waals surface area contributed by atoms with Crippen LogP contribution in [0.3, 0.4) is 0 Å². The Kier molecular flexibility index (Phi) is 6.19. The second kappa shape index (κ2) is 8.61. The van der Waals surface area contributed by atoms with Gasteiger partial charge < -0.3 is 9.64 Å². The van der Waals surface area contributed by atoms with Gasteiger partial charge in [-0.25, -0.2) is 4.98 Å². The summed E-state index contributed by atoms with van der Waals surface area (Å²) < 4.78 is 5.85. The first-order valence-corrected chi connectivity index (χ1v) is 10.2. The van der Waals surface area contributed by atoms with Gasteiger partial charge in [0.1, 0.15) is 6.07 Å². The minimum atomic E-state index is -0.468. The van der Waals surface area contributed by atoms with Gasteiger partial charge in [-0.1, -0.05) is 26.7 Å². The monoisotopic (exact) mass is 380 g/mol. The molecule has 0 N–H and O–H groups in total. The van der Waals surface area contributed by atoms with Crippen LogP contribution in [0.1, 0.15) is 57.9 Å². The number of hydrogen-bond donors (Lipinski definition) is 0. The van der Waals surface area contributed by atoms with Crippen molar-refractivity contribution in [3.63, 3.8) is 0 Å². The largest absolute Gasteiger partial charge is 0.477 e. The van der Waals surface area contributed by atoms with Crippen molar-refractivity contribution in [3.05, 3.63) is 23.9 Å². The Morgan fingerprint density at radius 2 is 1.93 bits per heavy atom. The van der Waals surface area contributed by atoms with Crippen LogP contribution in [0.2, 0.25) is 0 Å². The molecule has 1 unspecified atom stereocenters. The number of nitrogens with zero attached hydrogens (tertiary/aromatic N) is 4. The molecule has 1 aromatic heterocycles. The molecule has 0 radical (unpaired) electrons. The molecule has 2 aliphatic rings. The molecule has 3 rings (SSSR count). The summed E-state index contributed by atoms with van der Waals surface area (Å²) in [7, 11) is 0. The third-order valence-corrected chi connectivity index (χ3v) is 6.35. The van der Waals surface area contributed by atoms with E-state index in [1.807, 2.05) is 19.9 Å². The van der Waals surface area contributed by atoms with Gasteiger partial charge >= 0.3 is 0 Å². The van der Waals surface area contributed by atoms with E-state index < -0.39 is 5.41 Å². The second-order valence-electron chi connectivity index (χ2n) is 8.53. The van der Waals surface area contributed by atoms with Crippen LogP contribution in [0.4, 0.5) is 0 Å². The van der Waals surface area contributed by atoms with Crippen molar-refractivity contribution in [3.8, 4) is 18.0 Å². The van der Waals surface area contributed by atoms with E-state index in [0.717, 1.165) is 38.5 Å². The molecule has 1 amide bonds. The van der Waals surface area contributed by atoms with Gasteiger partial charge in [-0.3, -0.25) is 4.79 Å². The quantitative estimate of drug-likeness (QED) is 0.795. The van der Waals surface area contributed by atoms with E-state index in [1.54, 1.807) is 12.1 Å². The van der Waals surface area contributed by atoms with Crippen LogP contribution in [0.5, 0.6) is 5.88 Å². The second-order valence-corrected chi connectivity index (χ2v) is 8.53. The number of pyridine rings is 1. The molecule has 28 heavy (non-hydrogen) atoms. The van der Waals surface area contributed by atoms with E-state index in [0.29, 0.717) is 24.6 Å². The summed E-state index contributed by atoms with van der Waals surface area (Å²) in [6.45, 7) is 5.14. The highest BCUT2D eigenvalue weighted by molar-refractivity contribution is 5.85. The number of carbonyl (C=O) groups is 1. The Hall–Kier alpha value is -2.60. The number of nitriles is 2. The summed E-state index contributed by atoms with van der Waals surface area (Å²) in [5, 5.41) is 18.0. The van der Waals surface area contributed by atoms with Gasteiger partial charge in [-0.15, -0.1) is 0 Å². The minimum Gasteiger partial charge on any atom is -0.477 e. The molecule has 1 aliphatic carbocycles. The normalized spacial score (nSPS) is 27.4. The van der Waals surface area contributed by atoms with Crippen LogP contribution in [0.25, 0.3) is 0 Å². The number of carbonyl (C=O) groups excluding carboxylic acids is 1. The lowest BCUT2D eigenvalue weighted by Gasteiger charge is -2.31. The zero-order chi connectivity index (χ0) is 20.1. The zero-order valence-corrected chi connectivity index (χ0v) is 16.7. The van der Waals surface area contributed by atoms with Gasteiger partial charge in [0.15, 0.2) is 0 Å². The Labute approximate surface area is 167 Å². The van der Waals surface area contributed by atoms with E-state index in [1.165, 1.54) is 6.20 Å². The van der Waals surface area contributed by atoms with E-state index in [2.05, 4.69) is 16.0 Å². The minimum absolute atomic E-state index is 0.0924. The lowest BCUT2D eigenvalue weighted by Crippen LogP contribution is -2.40. The van der Waals surface area contributed by atoms with Gasteiger partial charge in [-0.05, 0) is 31.7 Å². The molecule has 2 heterocycles. The maximum Gasteiger partial charge on any atom is 0.228 e. The SMILES string of the molecule is CC1(C)C(=O)N(C2CCCC(C#N)CCC2)CC1COc1ccc(C#N)cn1. The lowest BCUT2D eigenvalue weighted by molar-refractivity contribution is -0.137. The van der Waals surface area contributed by atoms with Crippen molar-refractivity contribution < 1.29 is 9.53 Å². The van der Waals surface area contributed by atoms with Gasteiger partial charge in [0.05, 0.1) is 23.7 Å². The standard InChI is InChI=1S/C22H28N4O2/c1-22(2)18(15-28-20-10-9-17(12-24)13-25-20)14-26(21(22)27)19-7-3-5-16(11-23)6-4-8-19/h9-10,13,16,18-19H,3-8,14-15H2,1-2H3. The fourth-order valence-corrected chi connectivity index (χ4v) is 4.32. The fourth-order valence-electron chi connectivity index (χ4n) is 4.32. The van der Waals surface area contributed by atoms with Gasteiger partial charge in [-0.2, -0.15) is 10.5 Å². The number of rotatable bonds is 4. The van der Waals surface area contributed by atoms with Crippen molar-refractivity contribution in [2.75, 3.05) is 13.2 Å². The number of ether oxygens (including phenoxy) is 1. The molecule has 1 atom stereocenters. The molecule has 0 aromatic carbocycles.